The van der Waals surface area contributed by atoms with Crippen LogP contribution in [0.4, 0.5) is 14.5 Å². The lowest BCUT2D eigenvalue weighted by Crippen LogP contribution is -2.21. The van der Waals surface area contributed by atoms with E-state index in [0.717, 1.165) is 25.5 Å². The summed E-state index contributed by atoms with van der Waals surface area (Å²) in [4.78, 5) is 16.9. The van der Waals surface area contributed by atoms with Gasteiger partial charge >= 0.3 is 0 Å². The first kappa shape index (κ1) is 19.2. The lowest BCUT2D eigenvalue weighted by atomic mass is 10.2. The SMILES string of the molecule is Cc1ccc2nc(-c3ccc(NC(=O)Cn4nc(C)cc4C(F)F)cc3)sc2c1. The maximum absolute atomic E-state index is 13.0. The molecule has 2 heterocycles. The molecule has 1 N–H and O–H groups in total. The average molecular weight is 412 g/mol. The molecule has 0 aliphatic rings. The van der Waals surface area contributed by atoms with E-state index in [2.05, 4.69) is 21.5 Å². The van der Waals surface area contributed by atoms with Crippen molar-refractivity contribution in [2.24, 2.45) is 0 Å². The zero-order valence-corrected chi connectivity index (χ0v) is 16.6. The van der Waals surface area contributed by atoms with Crippen LogP contribution in [0, 0.1) is 13.8 Å². The summed E-state index contributed by atoms with van der Waals surface area (Å²) in [6.07, 6.45) is -2.68. The van der Waals surface area contributed by atoms with Crippen molar-refractivity contribution in [1.29, 1.82) is 0 Å². The first-order chi connectivity index (χ1) is 13.9. The normalized spacial score (nSPS) is 11.3. The van der Waals surface area contributed by atoms with Crippen molar-refractivity contribution in [3.05, 3.63) is 65.5 Å². The average Bonchev–Trinajstić information content (AvgIpc) is 3.25. The summed E-state index contributed by atoms with van der Waals surface area (Å²) in [6.45, 7) is 3.39. The third-order valence-corrected chi connectivity index (χ3v) is 5.48. The van der Waals surface area contributed by atoms with E-state index in [0.29, 0.717) is 11.4 Å². The summed E-state index contributed by atoms with van der Waals surface area (Å²) in [7, 11) is 0. The van der Waals surface area contributed by atoms with Gasteiger partial charge in [-0.05, 0) is 61.9 Å². The number of amides is 1. The molecular formula is C21H18F2N4OS. The van der Waals surface area contributed by atoms with Gasteiger partial charge in [-0.25, -0.2) is 13.8 Å². The molecule has 8 heteroatoms. The molecule has 2 aromatic carbocycles. The largest absolute Gasteiger partial charge is 0.324 e. The number of hydrogen-bond donors (Lipinski definition) is 1. The summed E-state index contributed by atoms with van der Waals surface area (Å²) in [5, 5.41) is 7.58. The third-order valence-electron chi connectivity index (χ3n) is 4.41. The highest BCUT2D eigenvalue weighted by Gasteiger charge is 2.17. The molecule has 0 saturated carbocycles. The fraction of sp³-hybridized carbons (Fsp3) is 0.190. The Morgan fingerprint density at radius 1 is 1.14 bits per heavy atom. The Labute approximate surface area is 170 Å². The van der Waals surface area contributed by atoms with Crippen LogP contribution in [0.15, 0.2) is 48.5 Å². The Kier molecular flexibility index (Phi) is 5.10. The number of fused-ring (bicyclic) bond motifs is 1. The molecule has 0 unspecified atom stereocenters. The summed E-state index contributed by atoms with van der Waals surface area (Å²) in [5.74, 6) is -0.418. The minimum Gasteiger partial charge on any atom is -0.324 e. The van der Waals surface area contributed by atoms with Gasteiger partial charge in [0.25, 0.3) is 6.43 Å². The summed E-state index contributed by atoms with van der Waals surface area (Å²) >= 11 is 1.61. The second kappa shape index (κ2) is 7.71. The van der Waals surface area contributed by atoms with Crippen molar-refractivity contribution in [3.8, 4) is 10.6 Å². The first-order valence-electron chi connectivity index (χ1n) is 8.99. The zero-order chi connectivity index (χ0) is 20.5. The Bertz CT molecular complexity index is 1180. The van der Waals surface area contributed by atoms with Crippen molar-refractivity contribution < 1.29 is 13.6 Å². The summed E-state index contributed by atoms with van der Waals surface area (Å²) in [6, 6.07) is 14.7. The predicted molar refractivity (Wildman–Crippen MR) is 110 cm³/mol. The van der Waals surface area contributed by atoms with Crippen LogP contribution in [0.3, 0.4) is 0 Å². The molecule has 0 spiro atoms. The van der Waals surface area contributed by atoms with Crippen molar-refractivity contribution in [2.45, 2.75) is 26.8 Å². The van der Waals surface area contributed by atoms with Gasteiger partial charge in [-0.3, -0.25) is 9.48 Å². The zero-order valence-electron chi connectivity index (χ0n) is 15.8. The number of benzene rings is 2. The summed E-state index contributed by atoms with van der Waals surface area (Å²) < 4.78 is 28.2. The van der Waals surface area contributed by atoms with E-state index in [1.54, 1.807) is 30.4 Å². The molecule has 4 aromatic rings. The molecule has 0 radical (unpaired) electrons. The van der Waals surface area contributed by atoms with Crippen LogP contribution >= 0.6 is 11.3 Å². The van der Waals surface area contributed by atoms with Crippen LogP contribution in [-0.2, 0) is 11.3 Å². The van der Waals surface area contributed by atoms with Crippen LogP contribution in [0.25, 0.3) is 20.8 Å². The van der Waals surface area contributed by atoms with Gasteiger partial charge in [-0.15, -0.1) is 11.3 Å². The van der Waals surface area contributed by atoms with Gasteiger partial charge in [-0.2, -0.15) is 5.10 Å². The standard InChI is InChI=1S/C21H18F2N4OS/c1-12-3-8-16-18(9-12)29-21(25-16)14-4-6-15(7-5-14)24-19(28)11-27-17(20(22)23)10-13(2)26-27/h3-10,20H,11H2,1-2H3,(H,24,28). The molecule has 0 atom stereocenters. The number of anilines is 1. The highest BCUT2D eigenvalue weighted by molar-refractivity contribution is 7.21. The van der Waals surface area contributed by atoms with E-state index < -0.39 is 12.3 Å². The maximum atomic E-state index is 13.0. The number of halogens is 2. The van der Waals surface area contributed by atoms with Crippen molar-refractivity contribution in [2.75, 3.05) is 5.32 Å². The molecular weight excluding hydrogens is 394 g/mol. The highest BCUT2D eigenvalue weighted by Crippen LogP contribution is 2.31. The van der Waals surface area contributed by atoms with E-state index in [9.17, 15) is 13.6 Å². The number of hydrogen-bond acceptors (Lipinski definition) is 4. The van der Waals surface area contributed by atoms with Gasteiger partial charge < -0.3 is 5.32 Å². The second-order valence-corrected chi connectivity index (χ2v) is 7.82. The van der Waals surface area contributed by atoms with Gasteiger partial charge in [0.2, 0.25) is 5.91 Å². The lowest BCUT2D eigenvalue weighted by Gasteiger charge is -2.08. The molecule has 0 saturated heterocycles. The van der Waals surface area contributed by atoms with E-state index in [-0.39, 0.29) is 12.2 Å². The first-order valence-corrected chi connectivity index (χ1v) is 9.80. The Morgan fingerprint density at radius 2 is 1.90 bits per heavy atom. The van der Waals surface area contributed by atoms with Crippen molar-refractivity contribution in [3.63, 3.8) is 0 Å². The highest BCUT2D eigenvalue weighted by atomic mass is 32.1. The van der Waals surface area contributed by atoms with E-state index in [4.69, 9.17) is 0 Å². The molecule has 0 fully saturated rings. The summed E-state index contributed by atoms with van der Waals surface area (Å²) in [5.41, 5.74) is 3.86. The number of aromatic nitrogens is 3. The van der Waals surface area contributed by atoms with Gasteiger partial charge in [0, 0.05) is 11.3 Å². The van der Waals surface area contributed by atoms with Gasteiger partial charge in [0.15, 0.2) is 0 Å². The molecule has 4 rings (SSSR count). The molecule has 0 bridgehead atoms. The van der Waals surface area contributed by atoms with Gasteiger partial charge in [0.1, 0.15) is 17.2 Å². The maximum Gasteiger partial charge on any atom is 0.280 e. The quantitative estimate of drug-likeness (QED) is 0.480. The molecule has 5 nitrogen and oxygen atoms in total. The Morgan fingerprint density at radius 3 is 2.62 bits per heavy atom. The number of nitrogens with zero attached hydrogens (tertiary/aromatic N) is 3. The molecule has 148 valence electrons. The van der Waals surface area contributed by atoms with Crippen LogP contribution < -0.4 is 5.32 Å². The predicted octanol–water partition coefficient (Wildman–Crippen LogP) is 5.35. The number of thiazole rings is 1. The number of carbonyl (C=O) groups is 1. The smallest absolute Gasteiger partial charge is 0.280 e. The van der Waals surface area contributed by atoms with Crippen LogP contribution in [0.2, 0.25) is 0 Å². The molecule has 0 aliphatic carbocycles. The third kappa shape index (κ3) is 4.17. The van der Waals surface area contributed by atoms with Crippen LogP contribution in [-0.4, -0.2) is 20.7 Å². The number of carbonyl (C=O) groups excluding carboxylic acids is 1. The van der Waals surface area contributed by atoms with Crippen molar-refractivity contribution >= 4 is 33.1 Å². The molecule has 0 aliphatic heterocycles. The monoisotopic (exact) mass is 412 g/mol. The Hall–Kier alpha value is -3.13. The van der Waals surface area contributed by atoms with Crippen LogP contribution in [0.1, 0.15) is 23.4 Å². The lowest BCUT2D eigenvalue weighted by molar-refractivity contribution is -0.117. The van der Waals surface area contributed by atoms with Gasteiger partial charge in [0.05, 0.1) is 15.9 Å². The second-order valence-electron chi connectivity index (χ2n) is 6.78. The minimum atomic E-state index is -2.68. The number of aryl methyl sites for hydroxylation is 2. The number of rotatable bonds is 5. The fourth-order valence-corrected chi connectivity index (χ4v) is 4.13. The number of nitrogens with one attached hydrogen (secondary N) is 1. The fourth-order valence-electron chi connectivity index (χ4n) is 3.06. The van der Waals surface area contributed by atoms with E-state index in [1.807, 2.05) is 31.2 Å². The number of alkyl halides is 2. The molecule has 1 amide bonds. The Balaban J connectivity index is 1.47. The van der Waals surface area contributed by atoms with Crippen molar-refractivity contribution in [1.82, 2.24) is 14.8 Å². The molecule has 29 heavy (non-hydrogen) atoms. The molecule has 2 aromatic heterocycles. The topological polar surface area (TPSA) is 59.8 Å². The van der Waals surface area contributed by atoms with Gasteiger partial charge in [-0.1, -0.05) is 6.07 Å². The van der Waals surface area contributed by atoms with E-state index >= 15 is 0 Å². The van der Waals surface area contributed by atoms with E-state index in [1.165, 1.54) is 11.6 Å². The van der Waals surface area contributed by atoms with Crippen LogP contribution in [0.5, 0.6) is 0 Å². The minimum absolute atomic E-state index is 0.265.